The molecule has 8 heteroatoms. The molecule has 0 radical (unpaired) electrons. The predicted octanol–water partition coefficient (Wildman–Crippen LogP) is 2.05. The molecule has 1 aliphatic heterocycles. The molecule has 3 atom stereocenters. The molecule has 1 aliphatic rings. The molecular formula is C18H24FNO6. The zero-order chi connectivity index (χ0) is 19.1. The molecule has 144 valence electrons. The van der Waals surface area contributed by atoms with Crippen LogP contribution in [0.15, 0.2) is 18.2 Å². The smallest absolute Gasteiger partial charge is 0.330 e. The van der Waals surface area contributed by atoms with Gasteiger partial charge in [-0.15, -0.1) is 0 Å². The first-order chi connectivity index (χ1) is 12.4. The second kappa shape index (κ2) is 9.49. The van der Waals surface area contributed by atoms with Crippen molar-refractivity contribution in [3.63, 3.8) is 0 Å². The van der Waals surface area contributed by atoms with Gasteiger partial charge in [0.25, 0.3) is 0 Å². The van der Waals surface area contributed by atoms with Gasteiger partial charge in [-0.1, -0.05) is 6.07 Å². The Bertz CT molecular complexity index is 632. The number of hydrogen-bond acceptors (Lipinski definition) is 5. The SMILES string of the molecule is COc1ccc(C(NC(=O)C(C)OCC2CCCCO2)C(=O)O)cc1F. The van der Waals surface area contributed by atoms with E-state index in [4.69, 9.17) is 14.2 Å². The van der Waals surface area contributed by atoms with Crippen LogP contribution < -0.4 is 10.1 Å². The maximum Gasteiger partial charge on any atom is 0.330 e. The van der Waals surface area contributed by atoms with Crippen LogP contribution in [0.4, 0.5) is 4.39 Å². The van der Waals surface area contributed by atoms with E-state index in [9.17, 15) is 19.1 Å². The Morgan fingerprint density at radius 1 is 1.42 bits per heavy atom. The molecule has 1 fully saturated rings. The number of amides is 1. The fourth-order valence-electron chi connectivity index (χ4n) is 2.68. The summed E-state index contributed by atoms with van der Waals surface area (Å²) in [5, 5.41) is 11.8. The maximum atomic E-state index is 13.8. The Kier molecular flexibility index (Phi) is 7.35. The number of nitrogens with one attached hydrogen (secondary N) is 1. The van der Waals surface area contributed by atoms with Crippen molar-refractivity contribution in [2.75, 3.05) is 20.3 Å². The molecule has 1 amide bonds. The molecule has 1 aromatic carbocycles. The highest BCUT2D eigenvalue weighted by atomic mass is 19.1. The molecule has 1 aromatic rings. The van der Waals surface area contributed by atoms with Crippen molar-refractivity contribution in [2.24, 2.45) is 0 Å². The van der Waals surface area contributed by atoms with Crippen molar-refractivity contribution >= 4 is 11.9 Å². The van der Waals surface area contributed by atoms with Gasteiger partial charge >= 0.3 is 5.97 Å². The lowest BCUT2D eigenvalue weighted by Gasteiger charge is -2.24. The largest absolute Gasteiger partial charge is 0.494 e. The van der Waals surface area contributed by atoms with Gasteiger partial charge in [-0.3, -0.25) is 4.79 Å². The molecule has 1 saturated heterocycles. The highest BCUT2D eigenvalue weighted by molar-refractivity contribution is 5.86. The summed E-state index contributed by atoms with van der Waals surface area (Å²) in [6.45, 7) is 2.48. The van der Waals surface area contributed by atoms with Gasteiger partial charge < -0.3 is 24.6 Å². The lowest BCUT2D eigenvalue weighted by molar-refractivity contribution is -0.145. The number of hydrogen-bond donors (Lipinski definition) is 2. The van der Waals surface area contributed by atoms with E-state index in [-0.39, 0.29) is 24.0 Å². The van der Waals surface area contributed by atoms with E-state index in [1.165, 1.54) is 26.2 Å². The third-order valence-corrected chi connectivity index (χ3v) is 4.22. The number of methoxy groups -OCH3 is 1. The summed E-state index contributed by atoms with van der Waals surface area (Å²) in [6, 6.07) is 2.34. The average molecular weight is 369 g/mol. The van der Waals surface area contributed by atoms with Crippen LogP contribution in [0.1, 0.15) is 37.8 Å². The van der Waals surface area contributed by atoms with Crippen LogP contribution in [0.5, 0.6) is 5.75 Å². The van der Waals surface area contributed by atoms with Crippen LogP contribution in [0.2, 0.25) is 0 Å². The van der Waals surface area contributed by atoms with E-state index >= 15 is 0 Å². The first kappa shape index (κ1) is 20.1. The Labute approximate surface area is 151 Å². The van der Waals surface area contributed by atoms with Crippen molar-refractivity contribution in [2.45, 2.75) is 44.4 Å². The minimum Gasteiger partial charge on any atom is -0.494 e. The summed E-state index contributed by atoms with van der Waals surface area (Å²) < 4.78 is 29.7. The summed E-state index contributed by atoms with van der Waals surface area (Å²) in [4.78, 5) is 23.8. The molecule has 1 heterocycles. The van der Waals surface area contributed by atoms with Gasteiger partial charge in [0, 0.05) is 6.61 Å². The van der Waals surface area contributed by atoms with Crippen LogP contribution >= 0.6 is 0 Å². The predicted molar refractivity (Wildman–Crippen MR) is 90.5 cm³/mol. The molecule has 3 unspecified atom stereocenters. The number of ether oxygens (including phenoxy) is 3. The molecule has 7 nitrogen and oxygen atoms in total. The highest BCUT2D eigenvalue weighted by Crippen LogP contribution is 2.22. The maximum absolute atomic E-state index is 13.8. The van der Waals surface area contributed by atoms with Gasteiger partial charge in [0.1, 0.15) is 6.10 Å². The number of rotatable bonds is 8. The average Bonchev–Trinajstić information content (AvgIpc) is 2.64. The number of carbonyl (C=O) groups excluding carboxylic acids is 1. The van der Waals surface area contributed by atoms with Crippen molar-refractivity contribution in [3.05, 3.63) is 29.6 Å². The van der Waals surface area contributed by atoms with Gasteiger partial charge in [-0.2, -0.15) is 0 Å². The first-order valence-electron chi connectivity index (χ1n) is 8.52. The van der Waals surface area contributed by atoms with E-state index in [2.05, 4.69) is 5.32 Å². The topological polar surface area (TPSA) is 94.1 Å². The number of benzene rings is 1. The number of halogens is 1. The quantitative estimate of drug-likeness (QED) is 0.728. The molecule has 0 aromatic heterocycles. The van der Waals surface area contributed by atoms with Crippen LogP contribution in [0, 0.1) is 5.82 Å². The molecule has 0 bridgehead atoms. The van der Waals surface area contributed by atoms with E-state index in [1.807, 2.05) is 0 Å². The second-order valence-corrected chi connectivity index (χ2v) is 6.14. The Morgan fingerprint density at radius 3 is 2.77 bits per heavy atom. The highest BCUT2D eigenvalue weighted by Gasteiger charge is 2.26. The van der Waals surface area contributed by atoms with Crippen LogP contribution in [-0.4, -0.2) is 49.5 Å². The summed E-state index contributed by atoms with van der Waals surface area (Å²) >= 11 is 0. The summed E-state index contributed by atoms with van der Waals surface area (Å²) in [6.07, 6.45) is 2.04. The summed E-state index contributed by atoms with van der Waals surface area (Å²) in [5.74, 6) is -2.60. The van der Waals surface area contributed by atoms with E-state index in [0.717, 1.165) is 25.3 Å². The molecular weight excluding hydrogens is 345 g/mol. The molecule has 0 spiro atoms. The van der Waals surface area contributed by atoms with Crippen molar-refractivity contribution < 1.29 is 33.3 Å². The third-order valence-electron chi connectivity index (χ3n) is 4.22. The van der Waals surface area contributed by atoms with E-state index < -0.39 is 29.8 Å². The van der Waals surface area contributed by atoms with Crippen LogP contribution in [-0.2, 0) is 19.1 Å². The second-order valence-electron chi connectivity index (χ2n) is 6.14. The lowest BCUT2D eigenvalue weighted by Crippen LogP contribution is -2.41. The van der Waals surface area contributed by atoms with E-state index in [0.29, 0.717) is 6.61 Å². The fourth-order valence-corrected chi connectivity index (χ4v) is 2.68. The van der Waals surface area contributed by atoms with E-state index in [1.54, 1.807) is 0 Å². The Balaban J connectivity index is 1.96. The monoisotopic (exact) mass is 369 g/mol. The standard InChI is InChI=1S/C18H24FNO6/c1-11(26-10-13-5-3-4-8-25-13)17(21)20-16(18(22)23)12-6-7-15(24-2)14(19)9-12/h6-7,9,11,13,16H,3-5,8,10H2,1-2H3,(H,20,21)(H,22,23). The van der Waals surface area contributed by atoms with Gasteiger partial charge in [0.15, 0.2) is 17.6 Å². The molecule has 0 aliphatic carbocycles. The third kappa shape index (κ3) is 5.40. The zero-order valence-corrected chi connectivity index (χ0v) is 14.9. The van der Waals surface area contributed by atoms with Gasteiger partial charge in [0.05, 0.1) is 19.8 Å². The van der Waals surface area contributed by atoms with Gasteiger partial charge in [-0.05, 0) is 43.9 Å². The normalized spacial score (nSPS) is 19.4. The Hall–Kier alpha value is -2.19. The molecule has 26 heavy (non-hydrogen) atoms. The number of carboxylic acids is 1. The minimum atomic E-state index is -1.39. The summed E-state index contributed by atoms with van der Waals surface area (Å²) in [5.41, 5.74) is 0.104. The Morgan fingerprint density at radius 2 is 2.19 bits per heavy atom. The number of aliphatic carboxylic acids is 1. The van der Waals surface area contributed by atoms with Crippen molar-refractivity contribution in [1.82, 2.24) is 5.32 Å². The van der Waals surface area contributed by atoms with Crippen LogP contribution in [0.25, 0.3) is 0 Å². The lowest BCUT2D eigenvalue weighted by atomic mass is 10.1. The fraction of sp³-hybridized carbons (Fsp3) is 0.556. The van der Waals surface area contributed by atoms with Gasteiger partial charge in [0.2, 0.25) is 5.91 Å². The van der Waals surface area contributed by atoms with Crippen LogP contribution in [0.3, 0.4) is 0 Å². The zero-order valence-electron chi connectivity index (χ0n) is 14.9. The van der Waals surface area contributed by atoms with Gasteiger partial charge in [-0.25, -0.2) is 9.18 Å². The van der Waals surface area contributed by atoms with Crippen molar-refractivity contribution in [3.8, 4) is 5.75 Å². The van der Waals surface area contributed by atoms with Crippen molar-refractivity contribution in [1.29, 1.82) is 0 Å². The number of carboxylic acid groups (broad SMARTS) is 1. The number of carbonyl (C=O) groups is 2. The summed E-state index contributed by atoms with van der Waals surface area (Å²) in [7, 11) is 1.31. The minimum absolute atomic E-state index is 0.00611. The molecule has 2 N–H and O–H groups in total. The first-order valence-corrected chi connectivity index (χ1v) is 8.52. The molecule has 0 saturated carbocycles. The molecule has 2 rings (SSSR count).